The Labute approximate surface area is 158 Å². The highest BCUT2D eigenvalue weighted by Crippen LogP contribution is 2.33. The third-order valence-corrected chi connectivity index (χ3v) is 4.96. The fourth-order valence-electron chi connectivity index (χ4n) is 3.52. The summed E-state index contributed by atoms with van der Waals surface area (Å²) in [6.45, 7) is 1.79. The Morgan fingerprint density at radius 2 is 1.59 bits per heavy atom. The fourth-order valence-corrected chi connectivity index (χ4v) is 3.52. The van der Waals surface area contributed by atoms with Crippen LogP contribution in [0.4, 0.5) is 5.69 Å². The van der Waals surface area contributed by atoms with Gasteiger partial charge in [-0.15, -0.1) is 0 Å². The Bertz CT molecular complexity index is 823. The summed E-state index contributed by atoms with van der Waals surface area (Å²) in [6.07, 6.45) is 0. The van der Waals surface area contributed by atoms with E-state index in [0.717, 1.165) is 5.56 Å². The van der Waals surface area contributed by atoms with Crippen LogP contribution in [-0.4, -0.2) is 47.4 Å². The zero-order valence-corrected chi connectivity index (χ0v) is 15.1. The molecule has 0 spiro atoms. The van der Waals surface area contributed by atoms with Crippen LogP contribution < -0.4 is 4.90 Å². The Balaban J connectivity index is 1.76. The van der Waals surface area contributed by atoms with E-state index in [-0.39, 0.29) is 30.8 Å². The molecule has 2 atom stereocenters. The standard InChI is InChI=1S/C21H22N2O4/c1-15(24)23(17-10-6-3-7-11-17)14-20(25)22-12-18(19(13-22)21(26)27)16-8-4-2-5-9-16/h2-11,18-19H,12-14H2,1H3,(H,26,27)/t18-,19+/m1/s1. The minimum absolute atomic E-state index is 0.104. The minimum atomic E-state index is -0.911. The number of rotatable bonds is 5. The lowest BCUT2D eigenvalue weighted by atomic mass is 9.89. The molecule has 3 rings (SSSR count). The molecule has 0 bridgehead atoms. The smallest absolute Gasteiger partial charge is 0.308 e. The summed E-state index contributed by atoms with van der Waals surface area (Å²) in [4.78, 5) is 39.5. The third kappa shape index (κ3) is 4.16. The molecule has 2 aromatic rings. The summed E-state index contributed by atoms with van der Waals surface area (Å²) in [7, 11) is 0. The van der Waals surface area contributed by atoms with Gasteiger partial charge in [0.15, 0.2) is 0 Å². The van der Waals surface area contributed by atoms with Gasteiger partial charge in [0, 0.05) is 31.6 Å². The van der Waals surface area contributed by atoms with Gasteiger partial charge in [-0.25, -0.2) is 0 Å². The van der Waals surface area contributed by atoms with Crippen molar-refractivity contribution >= 4 is 23.5 Å². The third-order valence-electron chi connectivity index (χ3n) is 4.96. The lowest BCUT2D eigenvalue weighted by Crippen LogP contribution is -2.41. The van der Waals surface area contributed by atoms with Gasteiger partial charge in [0.05, 0.1) is 5.92 Å². The molecule has 27 heavy (non-hydrogen) atoms. The van der Waals surface area contributed by atoms with Crippen LogP contribution in [0, 0.1) is 5.92 Å². The Morgan fingerprint density at radius 1 is 1.00 bits per heavy atom. The van der Waals surface area contributed by atoms with E-state index in [2.05, 4.69) is 0 Å². The molecule has 1 N–H and O–H groups in total. The van der Waals surface area contributed by atoms with E-state index in [1.54, 1.807) is 29.2 Å². The number of likely N-dealkylation sites (tertiary alicyclic amines) is 1. The Kier molecular flexibility index (Phi) is 5.54. The SMILES string of the molecule is CC(=O)N(CC(=O)N1C[C@H](C(=O)O)[C@@H](c2ccccc2)C1)c1ccccc1. The van der Waals surface area contributed by atoms with Crippen LogP contribution in [0.3, 0.4) is 0 Å². The number of amides is 2. The zero-order valence-electron chi connectivity index (χ0n) is 15.1. The van der Waals surface area contributed by atoms with Gasteiger partial charge in [-0.2, -0.15) is 0 Å². The van der Waals surface area contributed by atoms with Crippen LogP contribution in [0.25, 0.3) is 0 Å². The molecule has 1 heterocycles. The molecule has 0 unspecified atom stereocenters. The van der Waals surface area contributed by atoms with Crippen LogP contribution >= 0.6 is 0 Å². The number of aliphatic carboxylic acids is 1. The number of carbonyl (C=O) groups excluding carboxylic acids is 2. The zero-order chi connectivity index (χ0) is 19.4. The molecule has 6 heteroatoms. The number of carbonyl (C=O) groups is 3. The monoisotopic (exact) mass is 366 g/mol. The average Bonchev–Trinajstić information content (AvgIpc) is 3.13. The first-order valence-electron chi connectivity index (χ1n) is 8.86. The number of hydrogen-bond donors (Lipinski definition) is 1. The van der Waals surface area contributed by atoms with Crippen LogP contribution in [0.1, 0.15) is 18.4 Å². The summed E-state index contributed by atoms with van der Waals surface area (Å²) in [5, 5.41) is 9.59. The summed E-state index contributed by atoms with van der Waals surface area (Å²) in [6, 6.07) is 18.4. The van der Waals surface area contributed by atoms with Gasteiger partial charge in [-0.05, 0) is 17.7 Å². The second-order valence-corrected chi connectivity index (χ2v) is 6.70. The van der Waals surface area contributed by atoms with Crippen molar-refractivity contribution in [3.8, 4) is 0 Å². The van der Waals surface area contributed by atoms with Gasteiger partial charge in [-0.1, -0.05) is 48.5 Å². The highest BCUT2D eigenvalue weighted by molar-refractivity contribution is 5.97. The number of anilines is 1. The predicted octanol–water partition coefficient (Wildman–Crippen LogP) is 2.37. The average molecular weight is 366 g/mol. The largest absolute Gasteiger partial charge is 0.481 e. The molecule has 140 valence electrons. The van der Waals surface area contributed by atoms with Gasteiger partial charge in [0.25, 0.3) is 0 Å². The topological polar surface area (TPSA) is 77.9 Å². The van der Waals surface area contributed by atoms with Crippen molar-refractivity contribution in [1.82, 2.24) is 4.90 Å². The molecular formula is C21H22N2O4. The summed E-state index contributed by atoms with van der Waals surface area (Å²) in [5.74, 6) is -2.30. The maximum Gasteiger partial charge on any atom is 0.308 e. The first kappa shape index (κ1) is 18.6. The molecule has 1 aliphatic rings. The fraction of sp³-hybridized carbons (Fsp3) is 0.286. The molecule has 1 saturated heterocycles. The molecule has 2 aromatic carbocycles. The van der Waals surface area contributed by atoms with Gasteiger partial charge >= 0.3 is 5.97 Å². The quantitative estimate of drug-likeness (QED) is 0.881. The van der Waals surface area contributed by atoms with Crippen LogP contribution in [0.2, 0.25) is 0 Å². The van der Waals surface area contributed by atoms with Crippen molar-refractivity contribution < 1.29 is 19.5 Å². The van der Waals surface area contributed by atoms with Crippen LogP contribution in [0.5, 0.6) is 0 Å². The van der Waals surface area contributed by atoms with Crippen molar-refractivity contribution in [1.29, 1.82) is 0 Å². The Morgan fingerprint density at radius 3 is 2.15 bits per heavy atom. The highest BCUT2D eigenvalue weighted by Gasteiger charge is 2.40. The molecule has 2 amide bonds. The number of para-hydroxylation sites is 1. The molecule has 0 saturated carbocycles. The van der Waals surface area contributed by atoms with E-state index in [1.165, 1.54) is 11.8 Å². The van der Waals surface area contributed by atoms with Crippen molar-refractivity contribution in [2.45, 2.75) is 12.8 Å². The van der Waals surface area contributed by atoms with E-state index >= 15 is 0 Å². The molecular weight excluding hydrogens is 344 g/mol. The second-order valence-electron chi connectivity index (χ2n) is 6.70. The number of hydrogen-bond acceptors (Lipinski definition) is 3. The molecule has 0 radical (unpaired) electrons. The second kappa shape index (κ2) is 8.03. The normalized spacial score (nSPS) is 18.9. The van der Waals surface area contributed by atoms with Gasteiger partial charge in [-0.3, -0.25) is 14.4 Å². The minimum Gasteiger partial charge on any atom is -0.481 e. The molecule has 1 aliphatic heterocycles. The number of benzene rings is 2. The maximum absolute atomic E-state index is 12.8. The Hall–Kier alpha value is -3.15. The first-order valence-corrected chi connectivity index (χ1v) is 8.86. The van der Waals surface area contributed by atoms with Crippen molar-refractivity contribution in [2.75, 3.05) is 24.5 Å². The molecule has 0 aromatic heterocycles. The van der Waals surface area contributed by atoms with Gasteiger partial charge in [0.2, 0.25) is 11.8 Å². The molecule has 0 aliphatic carbocycles. The highest BCUT2D eigenvalue weighted by atomic mass is 16.4. The predicted molar refractivity (Wildman–Crippen MR) is 101 cm³/mol. The van der Waals surface area contributed by atoms with Crippen LogP contribution in [0.15, 0.2) is 60.7 Å². The van der Waals surface area contributed by atoms with E-state index in [9.17, 15) is 19.5 Å². The summed E-state index contributed by atoms with van der Waals surface area (Å²) < 4.78 is 0. The van der Waals surface area contributed by atoms with Gasteiger partial charge < -0.3 is 14.9 Å². The summed E-state index contributed by atoms with van der Waals surface area (Å²) >= 11 is 0. The van der Waals surface area contributed by atoms with E-state index in [0.29, 0.717) is 12.2 Å². The van der Waals surface area contributed by atoms with Gasteiger partial charge in [0.1, 0.15) is 6.54 Å². The van der Waals surface area contributed by atoms with E-state index < -0.39 is 11.9 Å². The van der Waals surface area contributed by atoms with Crippen LogP contribution in [-0.2, 0) is 14.4 Å². The number of nitrogens with zero attached hydrogens (tertiary/aromatic N) is 2. The van der Waals surface area contributed by atoms with E-state index in [4.69, 9.17) is 0 Å². The number of carboxylic acid groups (broad SMARTS) is 1. The lowest BCUT2D eigenvalue weighted by Gasteiger charge is -2.24. The molecule has 1 fully saturated rings. The lowest BCUT2D eigenvalue weighted by molar-refractivity contribution is -0.142. The first-order chi connectivity index (χ1) is 13.0. The number of carboxylic acids is 1. The van der Waals surface area contributed by atoms with Crippen molar-refractivity contribution in [2.24, 2.45) is 5.92 Å². The van der Waals surface area contributed by atoms with E-state index in [1.807, 2.05) is 36.4 Å². The maximum atomic E-state index is 12.8. The van der Waals surface area contributed by atoms with Crippen molar-refractivity contribution in [3.05, 3.63) is 66.2 Å². The molecule has 6 nitrogen and oxygen atoms in total. The van der Waals surface area contributed by atoms with Crippen molar-refractivity contribution in [3.63, 3.8) is 0 Å². The summed E-state index contributed by atoms with van der Waals surface area (Å²) in [5.41, 5.74) is 1.55.